The highest BCUT2D eigenvalue weighted by atomic mass is 32.2. The van der Waals surface area contributed by atoms with Crippen LogP contribution >= 0.6 is 0 Å². The molecule has 40 heavy (non-hydrogen) atoms. The van der Waals surface area contributed by atoms with Gasteiger partial charge in [-0.3, -0.25) is 0 Å². The van der Waals surface area contributed by atoms with Crippen molar-refractivity contribution >= 4 is 33.2 Å². The Kier molecular flexibility index (Phi) is 8.44. The third-order valence-corrected chi connectivity index (χ3v) is 6.90. The molecule has 0 unspecified atom stereocenters. The third kappa shape index (κ3) is 7.00. The molecule has 0 spiro atoms. The van der Waals surface area contributed by atoms with Crippen LogP contribution < -0.4 is 15.4 Å². The molecule has 0 saturated carbocycles. The first-order chi connectivity index (χ1) is 19.0. The van der Waals surface area contributed by atoms with Crippen molar-refractivity contribution in [2.45, 2.75) is 11.0 Å². The second-order valence-corrected chi connectivity index (χ2v) is 10.7. The number of urea groups is 1. The normalized spacial score (nSPS) is 11.1. The summed E-state index contributed by atoms with van der Waals surface area (Å²) in [5, 5.41) is 5.17. The van der Waals surface area contributed by atoms with Crippen LogP contribution in [0.15, 0.2) is 95.9 Å². The van der Waals surface area contributed by atoms with E-state index in [4.69, 9.17) is 9.47 Å². The molecule has 0 aromatic heterocycles. The van der Waals surface area contributed by atoms with Gasteiger partial charge in [0.2, 0.25) is 0 Å². The van der Waals surface area contributed by atoms with Gasteiger partial charge in [0, 0.05) is 17.6 Å². The average molecular weight is 567 g/mol. The zero-order valence-corrected chi connectivity index (χ0v) is 22.2. The van der Waals surface area contributed by atoms with Crippen LogP contribution in [0, 0.1) is 11.6 Å². The summed E-state index contributed by atoms with van der Waals surface area (Å²) >= 11 is 0. The van der Waals surface area contributed by atoms with Crippen LogP contribution in [-0.4, -0.2) is 33.8 Å². The Bertz CT molecular complexity index is 1580. The number of carbonyl (C=O) groups excluding carboxylic acids is 2. The van der Waals surface area contributed by atoms with Crippen LogP contribution in [0.1, 0.15) is 27.6 Å². The summed E-state index contributed by atoms with van der Waals surface area (Å²) in [7, 11) is -2.19. The quantitative estimate of drug-likeness (QED) is 0.255. The molecule has 8 nitrogen and oxygen atoms in total. The summed E-state index contributed by atoms with van der Waals surface area (Å²) in [6.07, 6.45) is 0.247. The minimum Gasteiger partial charge on any atom is -0.480 e. The Hall–Kier alpha value is -4.77. The molecule has 0 bridgehead atoms. The van der Waals surface area contributed by atoms with Gasteiger partial charge >= 0.3 is 12.0 Å². The van der Waals surface area contributed by atoms with Crippen molar-refractivity contribution in [1.82, 2.24) is 0 Å². The third-order valence-electron chi connectivity index (χ3n) is 5.77. The maximum Gasteiger partial charge on any atom is 0.341 e. The Morgan fingerprint density at radius 2 is 1.25 bits per heavy atom. The number of esters is 1. The number of halogens is 2. The minimum atomic E-state index is -3.38. The monoisotopic (exact) mass is 566 g/mol. The van der Waals surface area contributed by atoms with E-state index in [9.17, 15) is 26.8 Å². The molecule has 0 aliphatic rings. The molecule has 0 fully saturated rings. The van der Waals surface area contributed by atoms with Gasteiger partial charge in [0.1, 0.15) is 29.1 Å². The van der Waals surface area contributed by atoms with Gasteiger partial charge in [-0.1, -0.05) is 24.3 Å². The lowest BCUT2D eigenvalue weighted by molar-refractivity contribution is 0.0594. The van der Waals surface area contributed by atoms with Gasteiger partial charge < -0.3 is 20.1 Å². The van der Waals surface area contributed by atoms with Crippen LogP contribution in [0.3, 0.4) is 0 Å². The number of nitrogens with one attached hydrogen (secondary N) is 2. The largest absolute Gasteiger partial charge is 0.480 e. The number of anilines is 2. The van der Waals surface area contributed by atoms with Crippen LogP contribution in [0.5, 0.6) is 5.75 Å². The van der Waals surface area contributed by atoms with Crippen molar-refractivity contribution in [2.75, 3.05) is 24.0 Å². The van der Waals surface area contributed by atoms with Crippen LogP contribution in [-0.2, 0) is 14.6 Å². The number of hydrogen-bond acceptors (Lipinski definition) is 6. The van der Waals surface area contributed by atoms with Crippen LogP contribution in [0.4, 0.5) is 25.0 Å². The summed E-state index contributed by atoms with van der Waals surface area (Å²) < 4.78 is 61.5. The first kappa shape index (κ1) is 28.2. The minimum absolute atomic E-state index is 0.00738. The van der Waals surface area contributed by atoms with Gasteiger partial charge in [-0.05, 0) is 77.9 Å². The fourth-order valence-corrected chi connectivity index (χ4v) is 4.42. The number of hydrogen-bond donors (Lipinski definition) is 2. The van der Waals surface area contributed by atoms with Gasteiger partial charge in [0.15, 0.2) is 9.84 Å². The second-order valence-electron chi connectivity index (χ2n) is 8.68. The molecule has 0 atom stereocenters. The van der Waals surface area contributed by atoms with Gasteiger partial charge in [-0.25, -0.2) is 26.8 Å². The van der Waals surface area contributed by atoms with Gasteiger partial charge in [0.25, 0.3) is 0 Å². The van der Waals surface area contributed by atoms with E-state index in [0.29, 0.717) is 16.8 Å². The summed E-state index contributed by atoms with van der Waals surface area (Å²) in [6.45, 7) is 0. The smallest absolute Gasteiger partial charge is 0.341 e. The molecular formula is C29H24F2N2O6S. The van der Waals surface area contributed by atoms with Gasteiger partial charge in [-0.15, -0.1) is 0 Å². The van der Waals surface area contributed by atoms with E-state index >= 15 is 0 Å². The highest BCUT2D eigenvalue weighted by Crippen LogP contribution is 2.33. The molecule has 0 radical (unpaired) electrons. The van der Waals surface area contributed by atoms with Crippen molar-refractivity contribution in [3.63, 3.8) is 0 Å². The topological polar surface area (TPSA) is 111 Å². The summed E-state index contributed by atoms with van der Waals surface area (Å²) in [5.74, 6) is -1.53. The van der Waals surface area contributed by atoms with Crippen molar-refractivity contribution in [3.05, 3.63) is 119 Å². The molecule has 206 valence electrons. The molecule has 0 saturated heterocycles. The first-order valence-corrected chi connectivity index (χ1v) is 13.7. The zero-order chi connectivity index (χ0) is 28.9. The van der Waals surface area contributed by atoms with Crippen LogP contribution in [0.25, 0.3) is 0 Å². The molecule has 4 aromatic rings. The number of benzene rings is 4. The molecular weight excluding hydrogens is 542 g/mol. The summed E-state index contributed by atoms with van der Waals surface area (Å²) in [5.41, 5.74) is 1.67. The molecule has 4 aromatic carbocycles. The van der Waals surface area contributed by atoms with E-state index < -0.39 is 39.6 Å². The second kappa shape index (κ2) is 12.0. The summed E-state index contributed by atoms with van der Waals surface area (Å²) in [6, 6.07) is 20.4. The fourth-order valence-electron chi connectivity index (χ4n) is 3.79. The van der Waals surface area contributed by atoms with Crippen molar-refractivity contribution in [1.29, 1.82) is 0 Å². The predicted molar refractivity (Wildman–Crippen MR) is 145 cm³/mol. The lowest BCUT2D eigenvalue weighted by Crippen LogP contribution is -2.20. The van der Waals surface area contributed by atoms with Crippen molar-refractivity contribution < 1.29 is 36.3 Å². The Labute approximate surface area is 229 Å². The highest BCUT2D eigenvalue weighted by Gasteiger charge is 2.22. The number of rotatable bonds is 8. The van der Waals surface area contributed by atoms with Crippen LogP contribution in [0.2, 0.25) is 0 Å². The molecule has 0 heterocycles. The molecule has 0 aliphatic carbocycles. The number of sulfone groups is 1. The predicted octanol–water partition coefficient (Wildman–Crippen LogP) is 5.97. The van der Waals surface area contributed by atoms with E-state index in [0.717, 1.165) is 6.26 Å². The molecule has 2 N–H and O–H groups in total. The summed E-state index contributed by atoms with van der Waals surface area (Å²) in [4.78, 5) is 25.3. The van der Waals surface area contributed by atoms with Crippen molar-refractivity contribution in [3.8, 4) is 5.75 Å². The molecule has 2 amide bonds. The van der Waals surface area contributed by atoms with Gasteiger partial charge in [0.05, 0.1) is 12.0 Å². The van der Waals surface area contributed by atoms with E-state index in [2.05, 4.69) is 10.6 Å². The Balaban J connectivity index is 1.59. The number of amides is 2. The lowest BCUT2D eigenvalue weighted by Gasteiger charge is -2.22. The standard InChI is InChI=1S/C29H24F2N2O6S/c1-38-28(34)25-17-23(33-29(35)32-22-11-14-24(15-12-22)40(2,36)37)13-16-26(25)39-27(18-3-7-20(30)8-4-18)19-5-9-21(31)10-6-19/h3-17,27H,1-2H3,(H2,32,33,35). The molecule has 0 aliphatic heterocycles. The van der Waals surface area contributed by atoms with Crippen molar-refractivity contribution in [2.24, 2.45) is 0 Å². The molecule has 4 rings (SSSR count). The first-order valence-electron chi connectivity index (χ1n) is 11.8. The Morgan fingerprint density at radius 3 is 1.75 bits per heavy atom. The fraction of sp³-hybridized carbons (Fsp3) is 0.103. The highest BCUT2D eigenvalue weighted by molar-refractivity contribution is 7.90. The van der Waals surface area contributed by atoms with E-state index in [-0.39, 0.29) is 21.9 Å². The Morgan fingerprint density at radius 1 is 0.750 bits per heavy atom. The number of ether oxygens (including phenoxy) is 2. The maximum atomic E-state index is 13.6. The zero-order valence-electron chi connectivity index (χ0n) is 21.4. The SMILES string of the molecule is COC(=O)c1cc(NC(=O)Nc2ccc(S(C)(=O)=O)cc2)ccc1OC(c1ccc(F)cc1)c1ccc(F)cc1. The number of methoxy groups -OCH3 is 1. The van der Waals surface area contributed by atoms with E-state index in [1.807, 2.05) is 0 Å². The van der Waals surface area contributed by atoms with E-state index in [1.165, 1.54) is 98.1 Å². The van der Waals surface area contributed by atoms with E-state index in [1.54, 1.807) is 0 Å². The maximum absolute atomic E-state index is 13.6. The number of carbonyl (C=O) groups is 2. The van der Waals surface area contributed by atoms with Gasteiger partial charge in [-0.2, -0.15) is 0 Å². The average Bonchev–Trinajstić information content (AvgIpc) is 2.93. The lowest BCUT2D eigenvalue weighted by atomic mass is 10.0. The molecule has 11 heteroatoms.